The Morgan fingerprint density at radius 1 is 1.14 bits per heavy atom. The van der Waals surface area contributed by atoms with Gasteiger partial charge in [-0.1, -0.05) is 37.3 Å². The van der Waals surface area contributed by atoms with Gasteiger partial charge in [-0.3, -0.25) is 0 Å². The highest BCUT2D eigenvalue weighted by Crippen LogP contribution is 2.27. The van der Waals surface area contributed by atoms with Crippen LogP contribution in [0.2, 0.25) is 0 Å². The molecule has 4 heteroatoms. The Morgan fingerprint density at radius 3 is 2.67 bits per heavy atom. The summed E-state index contributed by atoms with van der Waals surface area (Å²) in [5.41, 5.74) is 1.72. The van der Waals surface area contributed by atoms with Crippen molar-refractivity contribution >= 4 is 21.6 Å². The SMILES string of the molecule is CCNC(Cc1nc2ccccc2s1)c1ccccc1F. The van der Waals surface area contributed by atoms with Crippen LogP contribution >= 0.6 is 11.3 Å². The van der Waals surface area contributed by atoms with Crippen molar-refractivity contribution in [2.24, 2.45) is 0 Å². The molecule has 1 heterocycles. The fraction of sp³-hybridized carbons (Fsp3) is 0.235. The predicted molar refractivity (Wildman–Crippen MR) is 86.1 cm³/mol. The molecule has 3 aromatic rings. The molecule has 108 valence electrons. The van der Waals surface area contributed by atoms with Gasteiger partial charge in [-0.25, -0.2) is 9.37 Å². The monoisotopic (exact) mass is 300 g/mol. The predicted octanol–water partition coefficient (Wildman–Crippen LogP) is 4.33. The molecular formula is C17H17FN2S. The second-order valence-electron chi connectivity index (χ2n) is 4.91. The maximum Gasteiger partial charge on any atom is 0.127 e. The van der Waals surface area contributed by atoms with Crippen LogP contribution in [0.3, 0.4) is 0 Å². The van der Waals surface area contributed by atoms with Gasteiger partial charge in [0, 0.05) is 18.0 Å². The molecule has 2 aromatic carbocycles. The number of benzene rings is 2. The van der Waals surface area contributed by atoms with Gasteiger partial charge in [0.1, 0.15) is 5.82 Å². The van der Waals surface area contributed by atoms with Crippen molar-refractivity contribution in [2.75, 3.05) is 6.54 Å². The number of rotatable bonds is 5. The topological polar surface area (TPSA) is 24.9 Å². The van der Waals surface area contributed by atoms with Crippen molar-refractivity contribution in [1.82, 2.24) is 10.3 Å². The van der Waals surface area contributed by atoms with E-state index < -0.39 is 0 Å². The number of thiazole rings is 1. The third kappa shape index (κ3) is 3.12. The lowest BCUT2D eigenvalue weighted by Gasteiger charge is -2.17. The van der Waals surface area contributed by atoms with Crippen LogP contribution in [0.25, 0.3) is 10.2 Å². The van der Waals surface area contributed by atoms with Gasteiger partial charge in [-0.2, -0.15) is 0 Å². The molecule has 1 unspecified atom stereocenters. The summed E-state index contributed by atoms with van der Waals surface area (Å²) in [7, 11) is 0. The number of aromatic nitrogens is 1. The number of fused-ring (bicyclic) bond motifs is 1. The quantitative estimate of drug-likeness (QED) is 0.758. The van der Waals surface area contributed by atoms with Gasteiger partial charge in [-0.05, 0) is 24.7 Å². The van der Waals surface area contributed by atoms with Crippen molar-refractivity contribution in [3.05, 3.63) is 64.9 Å². The first kappa shape index (κ1) is 14.2. The van der Waals surface area contributed by atoms with Gasteiger partial charge in [0.25, 0.3) is 0 Å². The molecule has 0 aliphatic heterocycles. The summed E-state index contributed by atoms with van der Waals surface area (Å²) < 4.78 is 15.2. The zero-order chi connectivity index (χ0) is 14.7. The number of halogens is 1. The van der Waals surface area contributed by atoms with Gasteiger partial charge in [0.15, 0.2) is 0 Å². The minimum absolute atomic E-state index is 0.0447. The molecule has 0 spiro atoms. The summed E-state index contributed by atoms with van der Waals surface area (Å²) in [5, 5.41) is 4.39. The van der Waals surface area contributed by atoms with E-state index in [9.17, 15) is 4.39 Å². The van der Waals surface area contributed by atoms with E-state index in [4.69, 9.17) is 0 Å². The van der Waals surface area contributed by atoms with E-state index in [0.29, 0.717) is 12.0 Å². The molecule has 1 aromatic heterocycles. The number of nitrogens with one attached hydrogen (secondary N) is 1. The molecule has 0 amide bonds. The van der Waals surface area contributed by atoms with Crippen LogP contribution in [0.4, 0.5) is 4.39 Å². The maximum absolute atomic E-state index is 14.0. The molecule has 0 aliphatic rings. The third-order valence-electron chi connectivity index (χ3n) is 3.45. The Kier molecular flexibility index (Phi) is 4.27. The van der Waals surface area contributed by atoms with Crippen molar-refractivity contribution < 1.29 is 4.39 Å². The first-order chi connectivity index (χ1) is 10.3. The zero-order valence-corrected chi connectivity index (χ0v) is 12.7. The minimum Gasteiger partial charge on any atom is -0.310 e. The molecule has 0 saturated carbocycles. The molecule has 1 atom stereocenters. The summed E-state index contributed by atoms with van der Waals surface area (Å²) in [4.78, 5) is 4.65. The summed E-state index contributed by atoms with van der Waals surface area (Å²) in [6.45, 7) is 2.83. The zero-order valence-electron chi connectivity index (χ0n) is 11.8. The van der Waals surface area contributed by atoms with Gasteiger partial charge >= 0.3 is 0 Å². The maximum atomic E-state index is 14.0. The van der Waals surface area contributed by atoms with E-state index in [1.54, 1.807) is 17.4 Å². The highest BCUT2D eigenvalue weighted by molar-refractivity contribution is 7.18. The molecule has 0 fully saturated rings. The Bertz CT molecular complexity index is 705. The van der Waals surface area contributed by atoms with Crippen LogP contribution in [0.5, 0.6) is 0 Å². The Balaban J connectivity index is 1.90. The van der Waals surface area contributed by atoms with E-state index in [-0.39, 0.29) is 11.9 Å². The number of likely N-dealkylation sites (N-methyl/N-ethyl adjacent to an activating group) is 1. The lowest BCUT2D eigenvalue weighted by atomic mass is 10.0. The summed E-state index contributed by atoms with van der Waals surface area (Å²) in [6.07, 6.45) is 0.702. The Morgan fingerprint density at radius 2 is 1.90 bits per heavy atom. The van der Waals surface area contributed by atoms with Crippen LogP contribution in [0.15, 0.2) is 48.5 Å². The molecule has 2 nitrogen and oxygen atoms in total. The van der Waals surface area contributed by atoms with E-state index >= 15 is 0 Å². The van der Waals surface area contributed by atoms with Gasteiger partial charge in [0.2, 0.25) is 0 Å². The van der Waals surface area contributed by atoms with Gasteiger partial charge in [0.05, 0.1) is 15.2 Å². The van der Waals surface area contributed by atoms with Crippen LogP contribution in [-0.2, 0) is 6.42 Å². The molecule has 1 N–H and O–H groups in total. The largest absolute Gasteiger partial charge is 0.310 e. The summed E-state index contributed by atoms with van der Waals surface area (Å²) >= 11 is 1.68. The average Bonchev–Trinajstić information content (AvgIpc) is 2.89. The van der Waals surface area contributed by atoms with Crippen LogP contribution in [0.1, 0.15) is 23.5 Å². The molecule has 0 radical (unpaired) electrons. The van der Waals surface area contributed by atoms with Crippen LogP contribution in [0, 0.1) is 5.82 Å². The lowest BCUT2D eigenvalue weighted by Crippen LogP contribution is -2.23. The number of hydrogen-bond acceptors (Lipinski definition) is 3. The number of hydrogen-bond donors (Lipinski definition) is 1. The van der Waals surface area contributed by atoms with E-state index in [0.717, 1.165) is 17.1 Å². The number of nitrogens with zero attached hydrogens (tertiary/aromatic N) is 1. The fourth-order valence-corrected chi connectivity index (χ4v) is 3.49. The second kappa shape index (κ2) is 6.33. The van der Waals surface area contributed by atoms with Gasteiger partial charge in [-0.15, -0.1) is 11.3 Å². The average molecular weight is 300 g/mol. The lowest BCUT2D eigenvalue weighted by molar-refractivity contribution is 0.509. The molecule has 21 heavy (non-hydrogen) atoms. The number of para-hydroxylation sites is 1. The van der Waals surface area contributed by atoms with E-state index in [2.05, 4.69) is 16.4 Å². The van der Waals surface area contributed by atoms with Crippen molar-refractivity contribution in [1.29, 1.82) is 0 Å². The summed E-state index contributed by atoms with van der Waals surface area (Å²) in [6, 6.07) is 15.0. The summed E-state index contributed by atoms with van der Waals surface area (Å²) in [5.74, 6) is -0.162. The first-order valence-electron chi connectivity index (χ1n) is 7.10. The molecule has 0 saturated heterocycles. The highest BCUT2D eigenvalue weighted by Gasteiger charge is 2.17. The van der Waals surface area contributed by atoms with E-state index in [1.807, 2.05) is 37.3 Å². The van der Waals surface area contributed by atoms with Crippen LogP contribution in [-0.4, -0.2) is 11.5 Å². The van der Waals surface area contributed by atoms with E-state index in [1.165, 1.54) is 10.8 Å². The standard InChI is InChI=1S/C17H17FN2S/c1-2-19-15(12-7-3-4-8-13(12)18)11-17-20-14-9-5-6-10-16(14)21-17/h3-10,15,19H,2,11H2,1H3. The normalized spacial score (nSPS) is 12.7. The molecule has 0 bridgehead atoms. The van der Waals surface area contributed by atoms with Crippen LogP contribution < -0.4 is 5.32 Å². The second-order valence-corrected chi connectivity index (χ2v) is 6.03. The Labute approximate surface area is 127 Å². The van der Waals surface area contributed by atoms with Crippen molar-refractivity contribution in [2.45, 2.75) is 19.4 Å². The molecular weight excluding hydrogens is 283 g/mol. The fourth-order valence-electron chi connectivity index (χ4n) is 2.48. The third-order valence-corrected chi connectivity index (χ3v) is 4.51. The molecule has 0 aliphatic carbocycles. The highest BCUT2D eigenvalue weighted by atomic mass is 32.1. The van der Waals surface area contributed by atoms with Gasteiger partial charge < -0.3 is 5.32 Å². The first-order valence-corrected chi connectivity index (χ1v) is 7.92. The van der Waals surface area contributed by atoms with Crippen molar-refractivity contribution in [3.8, 4) is 0 Å². The smallest absolute Gasteiger partial charge is 0.127 e. The molecule has 3 rings (SSSR count). The van der Waals surface area contributed by atoms with Crippen molar-refractivity contribution in [3.63, 3.8) is 0 Å². The Hall–Kier alpha value is -1.78. The minimum atomic E-state index is -0.162.